The third-order valence-electron chi connectivity index (χ3n) is 2.68. The summed E-state index contributed by atoms with van der Waals surface area (Å²) in [5, 5.41) is 2.38. The lowest BCUT2D eigenvalue weighted by molar-refractivity contribution is 0.246. The van der Waals surface area contributed by atoms with Crippen molar-refractivity contribution in [3.63, 3.8) is 0 Å². The van der Waals surface area contributed by atoms with Crippen LogP contribution < -0.4 is 15.8 Å². The highest BCUT2D eigenvalue weighted by Gasteiger charge is 2.26. The van der Waals surface area contributed by atoms with Gasteiger partial charge in [-0.3, -0.25) is 0 Å². The molecule has 0 heterocycles. The van der Waals surface area contributed by atoms with Crippen LogP contribution in [0.3, 0.4) is 0 Å². The topological polar surface area (TPSA) is 64.3 Å². The van der Waals surface area contributed by atoms with Gasteiger partial charge < -0.3 is 15.8 Å². The van der Waals surface area contributed by atoms with Crippen molar-refractivity contribution in [2.75, 3.05) is 13.7 Å². The van der Waals surface area contributed by atoms with E-state index in [9.17, 15) is 13.6 Å². The number of hydrogen-bond acceptors (Lipinski definition) is 2. The van der Waals surface area contributed by atoms with Gasteiger partial charge in [0.1, 0.15) is 5.82 Å². The highest BCUT2D eigenvalue weighted by Crippen LogP contribution is 2.30. The van der Waals surface area contributed by atoms with Gasteiger partial charge in [0, 0.05) is 18.0 Å². The molecule has 0 aliphatic rings. The monoisotopic (exact) mass is 258 g/mol. The molecule has 4 nitrogen and oxygen atoms in total. The molecular weight excluding hydrogens is 242 g/mol. The van der Waals surface area contributed by atoms with Gasteiger partial charge in [0.05, 0.1) is 7.11 Å². The number of carbonyl (C=O) groups excluding carboxylic acids is 1. The number of urea groups is 1. The quantitative estimate of drug-likeness (QED) is 0.866. The van der Waals surface area contributed by atoms with Crippen LogP contribution in [0.4, 0.5) is 13.6 Å². The number of methoxy groups -OCH3 is 1. The Bertz CT molecular complexity index is 462. The van der Waals surface area contributed by atoms with Crippen LogP contribution in [0, 0.1) is 11.6 Å². The Morgan fingerprint density at radius 2 is 2.00 bits per heavy atom. The molecule has 0 radical (unpaired) electrons. The Hall–Kier alpha value is -1.85. The molecule has 1 aromatic rings. The maximum absolute atomic E-state index is 13.8. The summed E-state index contributed by atoms with van der Waals surface area (Å²) in [6.07, 6.45) is 0. The lowest BCUT2D eigenvalue weighted by Gasteiger charge is -2.26. The zero-order valence-corrected chi connectivity index (χ0v) is 10.5. The molecular formula is C12H16F2N2O2. The number of amides is 2. The standard InChI is InChI=1S/C12H16F2N2O2/c1-12(2,6-16-11(15)17)7-4-9(14)10(18-3)5-8(7)13/h4-5H,6H2,1-3H3,(H3,15,16,17). The van der Waals surface area contributed by atoms with Crippen molar-refractivity contribution in [1.29, 1.82) is 0 Å². The SMILES string of the molecule is COc1cc(F)c(C(C)(C)CNC(N)=O)cc1F. The maximum Gasteiger partial charge on any atom is 0.312 e. The van der Waals surface area contributed by atoms with E-state index in [-0.39, 0.29) is 17.9 Å². The summed E-state index contributed by atoms with van der Waals surface area (Å²) in [5.41, 5.74) is 4.32. The summed E-state index contributed by atoms with van der Waals surface area (Å²) in [7, 11) is 1.26. The third kappa shape index (κ3) is 3.09. The number of primary amides is 1. The maximum atomic E-state index is 13.8. The number of hydrogen-bond donors (Lipinski definition) is 2. The highest BCUT2D eigenvalue weighted by molar-refractivity contribution is 5.71. The molecule has 6 heteroatoms. The van der Waals surface area contributed by atoms with E-state index in [0.717, 1.165) is 12.1 Å². The van der Waals surface area contributed by atoms with E-state index >= 15 is 0 Å². The van der Waals surface area contributed by atoms with Crippen molar-refractivity contribution >= 4 is 6.03 Å². The fraction of sp³-hybridized carbons (Fsp3) is 0.417. The molecule has 0 unspecified atom stereocenters. The van der Waals surface area contributed by atoms with Crippen molar-refractivity contribution in [2.24, 2.45) is 5.73 Å². The first-order chi connectivity index (χ1) is 8.27. The second-order valence-corrected chi connectivity index (χ2v) is 4.57. The van der Waals surface area contributed by atoms with Gasteiger partial charge in [-0.1, -0.05) is 13.8 Å². The summed E-state index contributed by atoms with van der Waals surface area (Å²) in [6.45, 7) is 3.45. The van der Waals surface area contributed by atoms with Crippen molar-refractivity contribution < 1.29 is 18.3 Å². The fourth-order valence-electron chi connectivity index (χ4n) is 1.61. The highest BCUT2D eigenvalue weighted by atomic mass is 19.1. The number of nitrogens with two attached hydrogens (primary N) is 1. The summed E-state index contributed by atoms with van der Waals surface area (Å²) >= 11 is 0. The Morgan fingerprint density at radius 1 is 1.39 bits per heavy atom. The molecule has 18 heavy (non-hydrogen) atoms. The van der Waals surface area contributed by atoms with Gasteiger partial charge in [-0.05, 0) is 11.6 Å². The van der Waals surface area contributed by atoms with Crippen molar-refractivity contribution in [3.8, 4) is 5.75 Å². The normalized spacial score (nSPS) is 11.2. The van der Waals surface area contributed by atoms with Crippen molar-refractivity contribution in [1.82, 2.24) is 5.32 Å². The molecule has 0 saturated heterocycles. The smallest absolute Gasteiger partial charge is 0.312 e. The van der Waals surface area contributed by atoms with E-state index < -0.39 is 23.1 Å². The number of nitrogens with one attached hydrogen (secondary N) is 1. The lowest BCUT2D eigenvalue weighted by Crippen LogP contribution is -2.40. The summed E-state index contributed by atoms with van der Waals surface area (Å²) in [6, 6.07) is 1.34. The van der Waals surface area contributed by atoms with Crippen LogP contribution >= 0.6 is 0 Å². The first kappa shape index (κ1) is 14.2. The molecule has 0 bridgehead atoms. The van der Waals surface area contributed by atoms with Crippen LogP contribution in [0.1, 0.15) is 19.4 Å². The van der Waals surface area contributed by atoms with E-state index in [4.69, 9.17) is 5.73 Å². The lowest BCUT2D eigenvalue weighted by atomic mass is 9.84. The molecule has 0 aliphatic heterocycles. The van der Waals surface area contributed by atoms with Crippen LogP contribution in [-0.4, -0.2) is 19.7 Å². The molecule has 0 aliphatic carbocycles. The second kappa shape index (κ2) is 5.20. The van der Waals surface area contributed by atoms with Crippen molar-refractivity contribution in [2.45, 2.75) is 19.3 Å². The van der Waals surface area contributed by atoms with E-state index in [1.54, 1.807) is 13.8 Å². The van der Waals surface area contributed by atoms with Crippen molar-refractivity contribution in [3.05, 3.63) is 29.3 Å². The molecule has 100 valence electrons. The van der Waals surface area contributed by atoms with E-state index in [2.05, 4.69) is 10.1 Å². The molecule has 0 saturated carbocycles. The number of rotatable bonds is 4. The van der Waals surface area contributed by atoms with E-state index in [1.807, 2.05) is 0 Å². The predicted molar refractivity (Wildman–Crippen MR) is 63.5 cm³/mol. The molecule has 0 fully saturated rings. The van der Waals surface area contributed by atoms with E-state index in [1.165, 1.54) is 7.11 Å². The van der Waals surface area contributed by atoms with Crippen LogP contribution in [-0.2, 0) is 5.41 Å². The third-order valence-corrected chi connectivity index (χ3v) is 2.68. The molecule has 1 rings (SSSR count). The zero-order chi connectivity index (χ0) is 13.9. The van der Waals surface area contributed by atoms with Gasteiger partial charge in [0.15, 0.2) is 11.6 Å². The predicted octanol–water partition coefficient (Wildman–Crippen LogP) is 1.92. The number of halogens is 2. The number of carbonyl (C=O) groups is 1. The van der Waals surface area contributed by atoms with Crippen LogP contribution in [0.25, 0.3) is 0 Å². The first-order valence-electron chi connectivity index (χ1n) is 5.34. The molecule has 0 aromatic heterocycles. The van der Waals surface area contributed by atoms with Crippen LogP contribution in [0.2, 0.25) is 0 Å². The van der Waals surface area contributed by atoms with Gasteiger partial charge in [0.25, 0.3) is 0 Å². The average Bonchev–Trinajstić information content (AvgIpc) is 2.29. The molecule has 1 aromatic carbocycles. The molecule has 2 amide bonds. The minimum Gasteiger partial charge on any atom is -0.494 e. The minimum absolute atomic E-state index is 0.102. The number of benzene rings is 1. The minimum atomic E-state index is -0.785. The van der Waals surface area contributed by atoms with Gasteiger partial charge in [-0.25, -0.2) is 13.6 Å². The Kier molecular flexibility index (Phi) is 4.11. The summed E-state index contributed by atoms with van der Waals surface area (Å²) < 4.78 is 32.1. The van der Waals surface area contributed by atoms with Gasteiger partial charge in [-0.2, -0.15) is 0 Å². The summed E-state index contributed by atoms with van der Waals surface area (Å²) in [5.74, 6) is -1.40. The fourth-order valence-corrected chi connectivity index (χ4v) is 1.61. The Labute approximate surface area is 104 Å². The largest absolute Gasteiger partial charge is 0.494 e. The van der Waals surface area contributed by atoms with Gasteiger partial charge in [-0.15, -0.1) is 0 Å². The molecule has 3 N–H and O–H groups in total. The van der Waals surface area contributed by atoms with Crippen LogP contribution in [0.15, 0.2) is 12.1 Å². The van der Waals surface area contributed by atoms with E-state index in [0.29, 0.717) is 0 Å². The molecule has 0 spiro atoms. The Morgan fingerprint density at radius 3 is 2.50 bits per heavy atom. The second-order valence-electron chi connectivity index (χ2n) is 4.57. The van der Waals surface area contributed by atoms with Gasteiger partial charge in [0.2, 0.25) is 0 Å². The van der Waals surface area contributed by atoms with Crippen LogP contribution in [0.5, 0.6) is 5.75 Å². The number of ether oxygens (including phenoxy) is 1. The molecule has 0 atom stereocenters. The Balaban J connectivity index is 3.08. The first-order valence-corrected chi connectivity index (χ1v) is 5.34. The zero-order valence-electron chi connectivity index (χ0n) is 10.5. The summed E-state index contributed by atoms with van der Waals surface area (Å²) in [4.78, 5) is 10.7. The van der Waals surface area contributed by atoms with Gasteiger partial charge >= 0.3 is 6.03 Å². The average molecular weight is 258 g/mol.